The van der Waals surface area contributed by atoms with E-state index in [1.54, 1.807) is 13.4 Å². The monoisotopic (exact) mass is 435 g/mol. The summed E-state index contributed by atoms with van der Waals surface area (Å²) in [5, 5.41) is 8.46. The molecule has 166 valence electrons. The minimum Gasteiger partial charge on any atom is -0.496 e. The lowest BCUT2D eigenvalue weighted by atomic mass is 10.0. The molecule has 32 heavy (non-hydrogen) atoms. The number of benzene rings is 1. The van der Waals surface area contributed by atoms with Crippen LogP contribution in [-0.2, 0) is 12.8 Å². The van der Waals surface area contributed by atoms with Crippen molar-refractivity contribution in [2.75, 3.05) is 13.7 Å². The molecule has 3 aromatic heterocycles. The molecule has 0 unspecified atom stereocenters. The summed E-state index contributed by atoms with van der Waals surface area (Å²) in [6.45, 7) is 8.12. The minimum atomic E-state index is -0.253. The first-order valence-corrected chi connectivity index (χ1v) is 10.6. The van der Waals surface area contributed by atoms with Gasteiger partial charge in [-0.05, 0) is 70.4 Å². The first-order chi connectivity index (χ1) is 15.4. The Bertz CT molecular complexity index is 1260. The van der Waals surface area contributed by atoms with E-state index in [1.807, 2.05) is 50.3 Å². The number of fused-ring (bicyclic) bond motifs is 1. The van der Waals surface area contributed by atoms with Crippen LogP contribution >= 0.6 is 0 Å². The van der Waals surface area contributed by atoms with Crippen molar-refractivity contribution < 1.29 is 13.9 Å². The number of methoxy groups -OCH3 is 1. The van der Waals surface area contributed by atoms with Crippen molar-refractivity contribution in [2.24, 2.45) is 0 Å². The smallest absolute Gasteiger partial charge is 0.316 e. The van der Waals surface area contributed by atoms with E-state index < -0.39 is 0 Å². The topological polar surface area (TPSA) is 74.4 Å². The number of rotatable bonds is 7. The molecule has 4 rings (SSSR count). The molecule has 0 aliphatic carbocycles. The molecule has 7 nitrogen and oxygen atoms in total. The van der Waals surface area contributed by atoms with Gasteiger partial charge in [-0.3, -0.25) is 4.40 Å². The Morgan fingerprint density at radius 1 is 1.03 bits per heavy atom. The summed E-state index contributed by atoms with van der Waals surface area (Å²) in [4.78, 5) is 8.96. The van der Waals surface area contributed by atoms with Gasteiger partial charge in [0.1, 0.15) is 17.9 Å². The van der Waals surface area contributed by atoms with E-state index in [1.165, 1.54) is 6.07 Å². The van der Waals surface area contributed by atoms with Crippen LogP contribution in [0.5, 0.6) is 11.8 Å². The maximum absolute atomic E-state index is 14.6. The highest BCUT2D eigenvalue weighted by Gasteiger charge is 2.18. The van der Waals surface area contributed by atoms with Crippen molar-refractivity contribution in [2.45, 2.75) is 40.5 Å². The van der Waals surface area contributed by atoms with Gasteiger partial charge in [-0.1, -0.05) is 0 Å². The van der Waals surface area contributed by atoms with Crippen molar-refractivity contribution >= 4 is 5.65 Å². The predicted octanol–water partition coefficient (Wildman–Crippen LogP) is 4.44. The number of halogens is 1. The quantitative estimate of drug-likeness (QED) is 0.427. The fraction of sp³-hybridized carbons (Fsp3) is 0.333. The van der Waals surface area contributed by atoms with E-state index in [2.05, 4.69) is 20.2 Å². The average Bonchev–Trinajstić information content (AvgIpc) is 3.23. The van der Waals surface area contributed by atoms with Crippen molar-refractivity contribution in [3.8, 4) is 22.9 Å². The van der Waals surface area contributed by atoms with Gasteiger partial charge in [-0.15, -0.1) is 10.2 Å². The molecule has 0 aliphatic heterocycles. The Hall–Kier alpha value is -3.55. The van der Waals surface area contributed by atoms with Gasteiger partial charge < -0.3 is 9.47 Å². The number of hydrogen-bond acceptors (Lipinski definition) is 6. The molecule has 0 atom stereocenters. The molecule has 0 amide bonds. The third kappa shape index (κ3) is 4.00. The summed E-state index contributed by atoms with van der Waals surface area (Å²) in [5.74, 6) is 0.313. The highest BCUT2D eigenvalue weighted by molar-refractivity contribution is 5.80. The van der Waals surface area contributed by atoms with Crippen molar-refractivity contribution in [1.29, 1.82) is 0 Å². The summed E-state index contributed by atoms with van der Waals surface area (Å²) in [6.07, 6.45) is 2.77. The highest BCUT2D eigenvalue weighted by atomic mass is 19.1. The number of nitrogens with zero attached hydrogens (tertiary/aromatic N) is 5. The van der Waals surface area contributed by atoms with Crippen molar-refractivity contribution in [3.63, 3.8) is 0 Å². The van der Waals surface area contributed by atoms with Gasteiger partial charge in [-0.2, -0.15) is 9.97 Å². The zero-order valence-electron chi connectivity index (χ0n) is 18.9. The number of ether oxygens (including phenoxy) is 2. The van der Waals surface area contributed by atoms with Crippen LogP contribution in [0.15, 0.2) is 30.6 Å². The lowest BCUT2D eigenvalue weighted by molar-refractivity contribution is 0.311. The minimum absolute atomic E-state index is 0.253. The van der Waals surface area contributed by atoms with Gasteiger partial charge in [0.25, 0.3) is 0 Å². The summed E-state index contributed by atoms with van der Waals surface area (Å²) >= 11 is 0. The molecular weight excluding hydrogens is 409 g/mol. The SMILES string of the molecule is CCOc1nc(C)c(-c2ccc(CCc3c(F)cc(C)cc3OC)n3cnnc23)c(C)n1. The van der Waals surface area contributed by atoms with E-state index >= 15 is 0 Å². The zero-order valence-corrected chi connectivity index (χ0v) is 18.9. The van der Waals surface area contributed by atoms with Gasteiger partial charge in [0, 0.05) is 22.4 Å². The first kappa shape index (κ1) is 21.7. The van der Waals surface area contributed by atoms with E-state index in [0.29, 0.717) is 42.4 Å². The van der Waals surface area contributed by atoms with Gasteiger partial charge in [0.2, 0.25) is 0 Å². The Morgan fingerprint density at radius 3 is 2.47 bits per heavy atom. The molecule has 0 bridgehead atoms. The lowest BCUT2D eigenvalue weighted by Gasteiger charge is -2.14. The molecule has 0 N–H and O–H groups in total. The summed E-state index contributed by atoms with van der Waals surface area (Å²) in [5.41, 5.74) is 6.49. The first-order valence-electron chi connectivity index (χ1n) is 10.6. The predicted molar refractivity (Wildman–Crippen MR) is 120 cm³/mol. The van der Waals surface area contributed by atoms with Gasteiger partial charge >= 0.3 is 6.01 Å². The average molecular weight is 436 g/mol. The number of aryl methyl sites for hydroxylation is 4. The van der Waals surface area contributed by atoms with Crippen molar-refractivity contribution in [1.82, 2.24) is 24.6 Å². The van der Waals surface area contributed by atoms with Gasteiger partial charge in [0.15, 0.2) is 5.65 Å². The second kappa shape index (κ2) is 8.90. The third-order valence-corrected chi connectivity index (χ3v) is 5.48. The van der Waals surface area contributed by atoms with Crippen LogP contribution in [-0.4, -0.2) is 38.3 Å². The number of hydrogen-bond donors (Lipinski definition) is 0. The number of pyridine rings is 1. The van der Waals surface area contributed by atoms with E-state index in [9.17, 15) is 4.39 Å². The summed E-state index contributed by atoms with van der Waals surface area (Å²) < 4.78 is 27.4. The van der Waals surface area contributed by atoms with E-state index in [-0.39, 0.29) is 5.82 Å². The van der Waals surface area contributed by atoms with Crippen LogP contribution in [0.3, 0.4) is 0 Å². The summed E-state index contributed by atoms with van der Waals surface area (Å²) in [7, 11) is 1.56. The van der Waals surface area contributed by atoms with Crippen LogP contribution in [0, 0.1) is 26.6 Å². The molecule has 0 aliphatic rings. The Balaban J connectivity index is 1.71. The molecule has 3 heterocycles. The largest absolute Gasteiger partial charge is 0.496 e. The highest BCUT2D eigenvalue weighted by Crippen LogP contribution is 2.31. The van der Waals surface area contributed by atoms with Crippen LogP contribution < -0.4 is 9.47 Å². The molecule has 0 radical (unpaired) electrons. The second-order valence-electron chi connectivity index (χ2n) is 7.68. The van der Waals surface area contributed by atoms with Crippen molar-refractivity contribution in [3.05, 3.63) is 64.6 Å². The van der Waals surface area contributed by atoms with E-state index in [0.717, 1.165) is 33.8 Å². The van der Waals surface area contributed by atoms with E-state index in [4.69, 9.17) is 9.47 Å². The maximum Gasteiger partial charge on any atom is 0.316 e. The lowest BCUT2D eigenvalue weighted by Crippen LogP contribution is -2.06. The molecule has 8 heteroatoms. The molecule has 1 aromatic carbocycles. The Kier molecular flexibility index (Phi) is 6.03. The zero-order chi connectivity index (χ0) is 22.8. The molecule has 0 spiro atoms. The summed E-state index contributed by atoms with van der Waals surface area (Å²) in [6, 6.07) is 7.77. The maximum atomic E-state index is 14.6. The third-order valence-electron chi connectivity index (χ3n) is 5.48. The molecule has 4 aromatic rings. The normalized spacial score (nSPS) is 11.2. The Morgan fingerprint density at radius 2 is 1.78 bits per heavy atom. The fourth-order valence-electron chi connectivity index (χ4n) is 4.05. The second-order valence-corrected chi connectivity index (χ2v) is 7.68. The van der Waals surface area contributed by atoms with Crippen LogP contribution in [0.4, 0.5) is 4.39 Å². The fourth-order valence-corrected chi connectivity index (χ4v) is 4.05. The number of aromatic nitrogens is 5. The van der Waals surface area contributed by atoms with Crippen LogP contribution in [0.2, 0.25) is 0 Å². The van der Waals surface area contributed by atoms with Gasteiger partial charge in [0.05, 0.1) is 25.1 Å². The van der Waals surface area contributed by atoms with Crippen LogP contribution in [0.25, 0.3) is 16.8 Å². The molecule has 0 saturated carbocycles. The standard InChI is InChI=1S/C24H26FN5O2/c1-6-32-24-27-15(3)22(16(4)28-24)19-10-8-17(30-13-26-29-23(19)30)7-9-18-20(25)11-14(2)12-21(18)31-5/h8,10-13H,6-7,9H2,1-5H3. The van der Waals surface area contributed by atoms with Crippen LogP contribution in [0.1, 0.15) is 35.1 Å². The Labute approximate surface area is 186 Å². The van der Waals surface area contributed by atoms with Gasteiger partial charge in [-0.25, -0.2) is 4.39 Å². The molecular formula is C24H26FN5O2. The molecule has 0 saturated heterocycles. The molecule has 0 fully saturated rings.